The molecule has 0 fully saturated rings. The summed E-state index contributed by atoms with van der Waals surface area (Å²) in [6.07, 6.45) is 7.29. The topological polar surface area (TPSA) is 80.5 Å². The van der Waals surface area contributed by atoms with E-state index in [1.54, 1.807) is 18.6 Å². The van der Waals surface area contributed by atoms with Gasteiger partial charge in [0.1, 0.15) is 11.4 Å². The van der Waals surface area contributed by atoms with E-state index >= 15 is 0 Å². The number of imidazole rings is 1. The summed E-state index contributed by atoms with van der Waals surface area (Å²) < 4.78 is 3.91. The Balaban J connectivity index is 1.55. The minimum Gasteiger partial charge on any atom is -0.349 e. The van der Waals surface area contributed by atoms with Crippen LogP contribution in [0.4, 0.5) is 0 Å². The van der Waals surface area contributed by atoms with Crippen LogP contribution in [0.1, 0.15) is 22.1 Å². The highest BCUT2D eigenvalue weighted by Crippen LogP contribution is 2.19. The molecule has 136 valence electrons. The number of aromatic nitrogens is 5. The van der Waals surface area contributed by atoms with Crippen molar-refractivity contribution in [2.24, 2.45) is 7.05 Å². The Kier molecular flexibility index (Phi) is 4.57. The van der Waals surface area contributed by atoms with Gasteiger partial charge in [-0.05, 0) is 23.8 Å². The fourth-order valence-electron chi connectivity index (χ4n) is 3.06. The summed E-state index contributed by atoms with van der Waals surface area (Å²) in [6, 6.07) is 15.4. The van der Waals surface area contributed by atoms with Gasteiger partial charge in [-0.2, -0.15) is 5.10 Å². The first-order valence-electron chi connectivity index (χ1n) is 8.69. The standard InChI is InChI=1S/C20H20N6O/c1-25-10-5-8-19(25)16-12-17(24-23-16)20(27)22-18(13-26-11-9-21-14-26)15-6-3-2-4-7-15/h2-12,14,18H,13H2,1H3,(H,22,27)(H,23,24). The van der Waals surface area contributed by atoms with Gasteiger partial charge in [0.2, 0.25) is 0 Å². The third kappa shape index (κ3) is 3.67. The van der Waals surface area contributed by atoms with Gasteiger partial charge in [-0.15, -0.1) is 0 Å². The first kappa shape index (κ1) is 16.8. The Hall–Kier alpha value is -3.61. The monoisotopic (exact) mass is 360 g/mol. The number of aromatic amines is 1. The lowest BCUT2D eigenvalue weighted by Crippen LogP contribution is -2.31. The molecule has 7 nitrogen and oxygen atoms in total. The lowest BCUT2D eigenvalue weighted by Gasteiger charge is -2.19. The summed E-state index contributed by atoms with van der Waals surface area (Å²) in [5, 5.41) is 10.2. The van der Waals surface area contributed by atoms with Crippen molar-refractivity contribution < 1.29 is 4.79 Å². The Bertz CT molecular complexity index is 1020. The largest absolute Gasteiger partial charge is 0.349 e. The second-order valence-electron chi connectivity index (χ2n) is 6.37. The normalized spacial score (nSPS) is 12.0. The highest BCUT2D eigenvalue weighted by atomic mass is 16.2. The van der Waals surface area contributed by atoms with Gasteiger partial charge in [0.05, 0.1) is 18.1 Å². The van der Waals surface area contributed by atoms with E-state index in [-0.39, 0.29) is 11.9 Å². The molecule has 1 atom stereocenters. The SMILES string of the molecule is Cn1cccc1-c1cc(C(=O)NC(Cn2ccnc2)c2ccccc2)[nH]n1. The van der Waals surface area contributed by atoms with Crippen molar-refractivity contribution in [3.63, 3.8) is 0 Å². The van der Waals surface area contributed by atoms with Crippen LogP contribution in [-0.2, 0) is 13.6 Å². The summed E-state index contributed by atoms with van der Waals surface area (Å²) in [7, 11) is 1.94. The lowest BCUT2D eigenvalue weighted by atomic mass is 10.1. The van der Waals surface area contributed by atoms with Crippen molar-refractivity contribution in [2.75, 3.05) is 0 Å². The van der Waals surface area contributed by atoms with E-state index in [9.17, 15) is 4.79 Å². The molecule has 0 bridgehead atoms. The Morgan fingerprint density at radius 3 is 2.74 bits per heavy atom. The first-order valence-corrected chi connectivity index (χ1v) is 8.69. The number of rotatable bonds is 6. The molecule has 0 saturated carbocycles. The number of H-pyrrole nitrogens is 1. The molecule has 2 N–H and O–H groups in total. The number of hydrogen-bond donors (Lipinski definition) is 2. The van der Waals surface area contributed by atoms with Gasteiger partial charge in [-0.25, -0.2) is 4.98 Å². The molecule has 0 radical (unpaired) electrons. The molecule has 4 rings (SSSR count). The van der Waals surface area contributed by atoms with Crippen LogP contribution < -0.4 is 5.32 Å². The van der Waals surface area contributed by atoms with Gasteiger partial charge in [-0.1, -0.05) is 30.3 Å². The molecule has 1 aromatic carbocycles. The number of amides is 1. The van der Waals surface area contributed by atoms with E-state index in [1.165, 1.54) is 0 Å². The van der Waals surface area contributed by atoms with E-state index < -0.39 is 0 Å². The maximum Gasteiger partial charge on any atom is 0.269 e. The minimum absolute atomic E-state index is 0.185. The Labute approximate surface area is 156 Å². The second-order valence-corrected chi connectivity index (χ2v) is 6.37. The predicted octanol–water partition coefficient (Wildman–Crippen LogP) is 2.78. The van der Waals surface area contributed by atoms with Gasteiger partial charge in [0, 0.05) is 32.2 Å². The van der Waals surface area contributed by atoms with Crippen LogP contribution in [0.25, 0.3) is 11.4 Å². The zero-order chi connectivity index (χ0) is 18.6. The fraction of sp³-hybridized carbons (Fsp3) is 0.150. The number of hydrogen-bond acceptors (Lipinski definition) is 3. The van der Waals surface area contributed by atoms with Gasteiger partial charge < -0.3 is 14.5 Å². The average molecular weight is 360 g/mol. The Morgan fingerprint density at radius 1 is 1.19 bits per heavy atom. The first-order chi connectivity index (χ1) is 13.2. The molecule has 4 aromatic rings. The molecule has 0 saturated heterocycles. The summed E-state index contributed by atoms with van der Waals surface area (Å²) in [5.74, 6) is -0.197. The maximum absolute atomic E-state index is 12.8. The Morgan fingerprint density at radius 2 is 2.04 bits per heavy atom. The summed E-state index contributed by atoms with van der Waals surface area (Å²) >= 11 is 0. The maximum atomic E-state index is 12.8. The van der Waals surface area contributed by atoms with Gasteiger partial charge in [0.15, 0.2) is 0 Å². The minimum atomic E-state index is -0.197. The highest BCUT2D eigenvalue weighted by molar-refractivity contribution is 5.93. The van der Waals surface area contributed by atoms with Crippen molar-refractivity contribution in [3.05, 3.63) is 84.7 Å². The third-order valence-corrected chi connectivity index (χ3v) is 4.49. The summed E-state index contributed by atoms with van der Waals surface area (Å²) in [6.45, 7) is 0.592. The number of aryl methyl sites for hydroxylation is 1. The fourth-order valence-corrected chi connectivity index (χ4v) is 3.06. The van der Waals surface area contributed by atoms with E-state index in [2.05, 4.69) is 20.5 Å². The lowest BCUT2D eigenvalue weighted by molar-refractivity contribution is 0.0927. The molecule has 0 aliphatic heterocycles. The molecule has 1 unspecified atom stereocenters. The molecule has 0 spiro atoms. The van der Waals surface area contributed by atoms with Crippen molar-refractivity contribution in [1.29, 1.82) is 0 Å². The van der Waals surface area contributed by atoms with E-state index in [4.69, 9.17) is 0 Å². The quantitative estimate of drug-likeness (QED) is 0.555. The van der Waals surface area contributed by atoms with Crippen molar-refractivity contribution in [1.82, 2.24) is 29.6 Å². The molecular formula is C20H20N6O. The average Bonchev–Trinajstić information content (AvgIpc) is 3.43. The molecule has 7 heteroatoms. The highest BCUT2D eigenvalue weighted by Gasteiger charge is 2.18. The third-order valence-electron chi connectivity index (χ3n) is 4.49. The van der Waals surface area contributed by atoms with E-state index in [0.29, 0.717) is 12.2 Å². The van der Waals surface area contributed by atoms with E-state index in [1.807, 2.05) is 71.0 Å². The number of benzene rings is 1. The van der Waals surface area contributed by atoms with Crippen molar-refractivity contribution in [3.8, 4) is 11.4 Å². The number of carbonyl (C=O) groups excluding carboxylic acids is 1. The smallest absolute Gasteiger partial charge is 0.269 e. The van der Waals surface area contributed by atoms with Gasteiger partial charge >= 0.3 is 0 Å². The molecular weight excluding hydrogens is 340 g/mol. The zero-order valence-electron chi connectivity index (χ0n) is 14.9. The van der Waals surface area contributed by atoms with Crippen LogP contribution in [0.3, 0.4) is 0 Å². The second kappa shape index (κ2) is 7.33. The number of nitrogens with one attached hydrogen (secondary N) is 2. The van der Waals surface area contributed by atoms with Crippen LogP contribution in [0.15, 0.2) is 73.4 Å². The number of carbonyl (C=O) groups is 1. The van der Waals surface area contributed by atoms with Crippen LogP contribution in [0, 0.1) is 0 Å². The summed E-state index contributed by atoms with van der Waals surface area (Å²) in [4.78, 5) is 16.9. The van der Waals surface area contributed by atoms with Crippen molar-refractivity contribution >= 4 is 5.91 Å². The van der Waals surface area contributed by atoms with Crippen LogP contribution in [0.2, 0.25) is 0 Å². The summed E-state index contributed by atoms with van der Waals surface area (Å²) in [5.41, 5.74) is 3.14. The van der Waals surface area contributed by atoms with Crippen LogP contribution in [0.5, 0.6) is 0 Å². The molecule has 1 amide bonds. The van der Waals surface area contributed by atoms with Crippen LogP contribution in [-0.4, -0.2) is 30.2 Å². The molecule has 0 aliphatic carbocycles. The number of nitrogens with zero attached hydrogens (tertiary/aromatic N) is 4. The van der Waals surface area contributed by atoms with Crippen LogP contribution >= 0.6 is 0 Å². The van der Waals surface area contributed by atoms with Gasteiger partial charge in [-0.3, -0.25) is 9.89 Å². The van der Waals surface area contributed by atoms with E-state index in [0.717, 1.165) is 17.0 Å². The molecule has 0 aliphatic rings. The predicted molar refractivity (Wildman–Crippen MR) is 102 cm³/mol. The molecule has 3 aromatic heterocycles. The van der Waals surface area contributed by atoms with Crippen molar-refractivity contribution in [2.45, 2.75) is 12.6 Å². The van der Waals surface area contributed by atoms with Gasteiger partial charge in [0.25, 0.3) is 5.91 Å². The zero-order valence-corrected chi connectivity index (χ0v) is 14.9. The molecule has 27 heavy (non-hydrogen) atoms. The molecule has 3 heterocycles.